The molecule has 0 radical (unpaired) electrons. The maximum absolute atomic E-state index is 13.1. The number of amides is 1. The zero-order chi connectivity index (χ0) is 15.2. The predicted molar refractivity (Wildman–Crippen MR) is 82.3 cm³/mol. The summed E-state index contributed by atoms with van der Waals surface area (Å²) in [7, 11) is 0. The molecule has 1 aromatic carbocycles. The summed E-state index contributed by atoms with van der Waals surface area (Å²) in [5.41, 5.74) is 1.17. The number of rotatable bonds is 5. The van der Waals surface area contributed by atoms with Crippen LogP contribution in [0.15, 0.2) is 29.8 Å². The first kappa shape index (κ1) is 18.4. The fourth-order valence-electron chi connectivity index (χ4n) is 1.98. The number of benzene rings is 1. The molecule has 0 saturated carbocycles. The quantitative estimate of drug-likeness (QED) is 0.813. The van der Waals surface area contributed by atoms with Gasteiger partial charge in [0.05, 0.1) is 0 Å². The summed E-state index contributed by atoms with van der Waals surface area (Å²) in [5, 5.41) is 5.96. The van der Waals surface area contributed by atoms with Crippen LogP contribution >= 0.6 is 12.4 Å². The van der Waals surface area contributed by atoms with E-state index in [9.17, 15) is 13.6 Å². The molecule has 1 heterocycles. The number of halogens is 3. The first-order valence-electron chi connectivity index (χ1n) is 6.84. The summed E-state index contributed by atoms with van der Waals surface area (Å²) in [4.78, 5) is 11.9. The molecule has 0 aliphatic carbocycles. The Morgan fingerprint density at radius 2 is 2.18 bits per heavy atom. The van der Waals surface area contributed by atoms with Crippen molar-refractivity contribution in [1.82, 2.24) is 10.6 Å². The van der Waals surface area contributed by atoms with Gasteiger partial charge in [0, 0.05) is 19.2 Å². The van der Waals surface area contributed by atoms with Gasteiger partial charge in [0.15, 0.2) is 17.7 Å². The predicted octanol–water partition coefficient (Wildman–Crippen LogP) is 2.19. The highest BCUT2D eigenvalue weighted by Gasteiger charge is 2.16. The molecule has 1 aromatic rings. The topological polar surface area (TPSA) is 50.4 Å². The summed E-state index contributed by atoms with van der Waals surface area (Å²) in [6.45, 7) is 3.76. The molecule has 7 heteroatoms. The summed E-state index contributed by atoms with van der Waals surface area (Å²) in [6, 6.07) is 3.18. The van der Waals surface area contributed by atoms with Gasteiger partial charge in [0.1, 0.15) is 5.75 Å². The van der Waals surface area contributed by atoms with Gasteiger partial charge in [0.2, 0.25) is 0 Å². The molecule has 2 N–H and O–H groups in total. The lowest BCUT2D eigenvalue weighted by Gasteiger charge is -2.17. The van der Waals surface area contributed by atoms with E-state index in [1.165, 1.54) is 11.6 Å². The molecule has 1 unspecified atom stereocenters. The van der Waals surface area contributed by atoms with Gasteiger partial charge in [-0.1, -0.05) is 11.6 Å². The van der Waals surface area contributed by atoms with Gasteiger partial charge in [-0.25, -0.2) is 8.78 Å². The lowest BCUT2D eigenvalue weighted by atomic mass is 10.1. The Kier molecular flexibility index (Phi) is 7.27. The summed E-state index contributed by atoms with van der Waals surface area (Å²) in [6.07, 6.45) is 2.17. The Labute approximate surface area is 134 Å². The molecule has 0 bridgehead atoms. The number of hydrogen-bond donors (Lipinski definition) is 2. The largest absolute Gasteiger partial charge is 0.481 e. The normalized spacial score (nSPS) is 15.3. The standard InChI is InChI=1S/C15H18F2N2O2.ClH/c1-10(21-12-2-3-13(16)14(17)8-12)15(20)19-9-11-4-6-18-7-5-11;/h2-4,8,10,18H,5-7,9H2,1H3,(H,19,20);1H. The minimum Gasteiger partial charge on any atom is -0.481 e. The van der Waals surface area contributed by atoms with Crippen LogP contribution in [0.1, 0.15) is 13.3 Å². The van der Waals surface area contributed by atoms with Crippen LogP contribution in [-0.2, 0) is 4.79 Å². The average Bonchev–Trinajstić information content (AvgIpc) is 2.49. The van der Waals surface area contributed by atoms with Gasteiger partial charge >= 0.3 is 0 Å². The van der Waals surface area contributed by atoms with E-state index in [2.05, 4.69) is 10.6 Å². The van der Waals surface area contributed by atoms with Crippen LogP contribution < -0.4 is 15.4 Å². The zero-order valence-corrected chi connectivity index (χ0v) is 13.0. The molecule has 2 rings (SSSR count). The Morgan fingerprint density at radius 1 is 1.41 bits per heavy atom. The first-order valence-corrected chi connectivity index (χ1v) is 6.84. The van der Waals surface area contributed by atoms with E-state index in [-0.39, 0.29) is 24.1 Å². The van der Waals surface area contributed by atoms with Crippen molar-refractivity contribution < 1.29 is 18.3 Å². The van der Waals surface area contributed by atoms with Gasteiger partial charge in [-0.2, -0.15) is 0 Å². The van der Waals surface area contributed by atoms with Gasteiger partial charge in [-0.15, -0.1) is 12.4 Å². The van der Waals surface area contributed by atoms with Crippen LogP contribution in [0.3, 0.4) is 0 Å². The molecule has 0 spiro atoms. The smallest absolute Gasteiger partial charge is 0.261 e. The third-order valence-corrected chi connectivity index (χ3v) is 3.22. The van der Waals surface area contributed by atoms with Crippen molar-refractivity contribution in [2.24, 2.45) is 0 Å². The van der Waals surface area contributed by atoms with Crippen LogP contribution in [-0.4, -0.2) is 31.6 Å². The van der Waals surface area contributed by atoms with Crippen molar-refractivity contribution in [2.75, 3.05) is 19.6 Å². The van der Waals surface area contributed by atoms with E-state index in [0.717, 1.165) is 31.6 Å². The second-order valence-electron chi connectivity index (χ2n) is 4.87. The summed E-state index contributed by atoms with van der Waals surface area (Å²) in [5.74, 6) is -2.12. The molecule has 1 atom stereocenters. The number of ether oxygens (including phenoxy) is 1. The molecule has 0 aromatic heterocycles. The Bertz CT molecular complexity index is 552. The Morgan fingerprint density at radius 3 is 2.82 bits per heavy atom. The number of nitrogens with one attached hydrogen (secondary N) is 2. The van der Waals surface area contributed by atoms with Gasteiger partial charge in [-0.3, -0.25) is 4.79 Å². The number of hydrogen-bond acceptors (Lipinski definition) is 3. The van der Waals surface area contributed by atoms with Crippen molar-refractivity contribution in [2.45, 2.75) is 19.4 Å². The average molecular weight is 333 g/mol. The Balaban J connectivity index is 0.00000242. The lowest BCUT2D eigenvalue weighted by molar-refractivity contribution is -0.127. The van der Waals surface area contributed by atoms with Gasteiger partial charge in [-0.05, 0) is 32.0 Å². The molecule has 0 saturated heterocycles. The summed E-state index contributed by atoms with van der Waals surface area (Å²) >= 11 is 0. The number of carbonyl (C=O) groups excluding carboxylic acids is 1. The molecule has 22 heavy (non-hydrogen) atoms. The lowest BCUT2D eigenvalue weighted by Crippen LogP contribution is -2.38. The third-order valence-electron chi connectivity index (χ3n) is 3.22. The Hall–Kier alpha value is -1.66. The van der Waals surface area contributed by atoms with Gasteiger partial charge < -0.3 is 15.4 Å². The monoisotopic (exact) mass is 332 g/mol. The third kappa shape index (κ3) is 5.27. The van der Waals surface area contributed by atoms with E-state index in [1.54, 1.807) is 6.92 Å². The van der Waals surface area contributed by atoms with Crippen molar-refractivity contribution >= 4 is 18.3 Å². The zero-order valence-electron chi connectivity index (χ0n) is 12.2. The molecule has 1 amide bonds. The van der Waals surface area contributed by atoms with Crippen LogP contribution in [0.5, 0.6) is 5.75 Å². The SMILES string of the molecule is CC(Oc1ccc(F)c(F)c1)C(=O)NCC1=CCNCC1.Cl. The van der Waals surface area contributed by atoms with E-state index >= 15 is 0 Å². The molecule has 1 aliphatic rings. The van der Waals surface area contributed by atoms with Crippen molar-refractivity contribution in [3.8, 4) is 5.75 Å². The second-order valence-corrected chi connectivity index (χ2v) is 4.87. The minimum atomic E-state index is -1.00. The summed E-state index contributed by atoms with van der Waals surface area (Å²) < 4.78 is 31.2. The second kappa shape index (κ2) is 8.70. The van der Waals surface area contributed by atoms with Crippen LogP contribution in [0.2, 0.25) is 0 Å². The molecule has 4 nitrogen and oxygen atoms in total. The van der Waals surface area contributed by atoms with Crippen LogP contribution in [0, 0.1) is 11.6 Å². The van der Waals surface area contributed by atoms with E-state index < -0.39 is 17.7 Å². The van der Waals surface area contributed by atoms with Crippen molar-refractivity contribution in [1.29, 1.82) is 0 Å². The van der Waals surface area contributed by atoms with Crippen LogP contribution in [0.25, 0.3) is 0 Å². The minimum absolute atomic E-state index is 0. The van der Waals surface area contributed by atoms with E-state index in [4.69, 9.17) is 4.74 Å². The molecule has 1 aliphatic heterocycles. The highest BCUT2D eigenvalue weighted by molar-refractivity contribution is 5.85. The van der Waals surface area contributed by atoms with Crippen molar-refractivity contribution in [3.05, 3.63) is 41.5 Å². The van der Waals surface area contributed by atoms with E-state index in [1.807, 2.05) is 6.08 Å². The fourth-order valence-corrected chi connectivity index (χ4v) is 1.98. The molecular formula is C15H19ClF2N2O2. The maximum Gasteiger partial charge on any atom is 0.261 e. The number of carbonyl (C=O) groups is 1. The fraction of sp³-hybridized carbons (Fsp3) is 0.400. The highest BCUT2D eigenvalue weighted by Crippen LogP contribution is 2.16. The van der Waals surface area contributed by atoms with E-state index in [0.29, 0.717) is 6.54 Å². The molecule has 122 valence electrons. The van der Waals surface area contributed by atoms with Gasteiger partial charge in [0.25, 0.3) is 5.91 Å². The van der Waals surface area contributed by atoms with Crippen LogP contribution in [0.4, 0.5) is 8.78 Å². The molecular weight excluding hydrogens is 314 g/mol. The van der Waals surface area contributed by atoms with Crippen molar-refractivity contribution in [3.63, 3.8) is 0 Å². The molecule has 0 fully saturated rings. The maximum atomic E-state index is 13.1. The highest BCUT2D eigenvalue weighted by atomic mass is 35.5. The first-order chi connectivity index (χ1) is 10.1.